The number of thioether (sulfide) groups is 1. The normalized spacial score (nSPS) is 24.9. The number of hydrogen-bond acceptors (Lipinski definition) is 9. The number of carbonyl (C=O) groups is 6. The summed E-state index contributed by atoms with van der Waals surface area (Å²) in [5.41, 5.74) is -2.41. The molecule has 0 aliphatic carbocycles. The summed E-state index contributed by atoms with van der Waals surface area (Å²) in [7, 11) is 0. The van der Waals surface area contributed by atoms with Crippen LogP contribution in [0.5, 0.6) is 11.5 Å². The first kappa shape index (κ1) is 24.2. The standard InChI is InChI=1S/C21H22N2O9S/c1-9(24)21(18(30)23-15(17(28)29)20(4,5)33-19(21)23)22-16(27)14-12(31-10(2)25)7-6-8-13(14)32-11(3)26/h6-8,15,19H,1-5H3,(H,22,27)(H,28,29)/t15-,19+,21-/m0/s1. The SMILES string of the molecule is CC(=O)Oc1cccc(OC(C)=O)c1C(=O)N[C@@]1(C(C)=O)C(=O)N2[C@@H](C(=O)O)C(C)(C)S[C@@H]21. The second kappa shape index (κ2) is 8.18. The van der Waals surface area contributed by atoms with Gasteiger partial charge in [-0.3, -0.25) is 24.0 Å². The minimum absolute atomic E-state index is 0.246. The molecule has 2 saturated heterocycles. The summed E-state index contributed by atoms with van der Waals surface area (Å²) in [6.07, 6.45) is 0. The van der Waals surface area contributed by atoms with Gasteiger partial charge >= 0.3 is 17.9 Å². The number of fused-ring (bicyclic) bond motifs is 1. The van der Waals surface area contributed by atoms with Crippen LogP contribution in [0.25, 0.3) is 0 Å². The zero-order chi connectivity index (χ0) is 24.9. The maximum atomic E-state index is 13.3. The molecule has 2 N–H and O–H groups in total. The number of carboxylic acids is 1. The number of Topliss-reactive ketones (excluding diaryl/α,β-unsaturated/α-hetero) is 1. The van der Waals surface area contributed by atoms with Crippen LogP contribution in [0.4, 0.5) is 0 Å². The lowest BCUT2D eigenvalue weighted by Crippen LogP contribution is -2.82. The van der Waals surface area contributed by atoms with E-state index in [9.17, 15) is 33.9 Å². The van der Waals surface area contributed by atoms with Crippen molar-refractivity contribution in [2.45, 2.75) is 56.3 Å². The molecule has 0 bridgehead atoms. The van der Waals surface area contributed by atoms with Gasteiger partial charge in [0.25, 0.3) is 11.8 Å². The average molecular weight is 478 g/mol. The van der Waals surface area contributed by atoms with Gasteiger partial charge in [0.15, 0.2) is 5.78 Å². The van der Waals surface area contributed by atoms with Gasteiger partial charge < -0.3 is 24.8 Å². The van der Waals surface area contributed by atoms with Crippen LogP contribution in [0.1, 0.15) is 45.0 Å². The van der Waals surface area contributed by atoms with Gasteiger partial charge in [-0.2, -0.15) is 0 Å². The third kappa shape index (κ3) is 3.84. The Labute approximate surface area is 192 Å². The molecule has 2 fully saturated rings. The van der Waals surface area contributed by atoms with Crippen LogP contribution in [0, 0.1) is 0 Å². The molecule has 0 unspecified atom stereocenters. The van der Waals surface area contributed by atoms with Gasteiger partial charge in [0, 0.05) is 18.6 Å². The highest BCUT2D eigenvalue weighted by molar-refractivity contribution is 8.01. The summed E-state index contributed by atoms with van der Waals surface area (Å²) in [6.45, 7) is 6.58. The Balaban J connectivity index is 2.05. The van der Waals surface area contributed by atoms with E-state index in [1.807, 2.05) is 0 Å². The van der Waals surface area contributed by atoms with E-state index >= 15 is 0 Å². The lowest BCUT2D eigenvalue weighted by Gasteiger charge is -2.51. The Morgan fingerprint density at radius 3 is 1.97 bits per heavy atom. The number of esters is 2. The molecule has 11 nitrogen and oxygen atoms in total. The van der Waals surface area contributed by atoms with E-state index < -0.39 is 57.2 Å². The molecule has 3 rings (SSSR count). The largest absolute Gasteiger partial charge is 0.480 e. The van der Waals surface area contributed by atoms with Crippen molar-refractivity contribution in [3.05, 3.63) is 23.8 Å². The molecule has 2 amide bonds. The van der Waals surface area contributed by atoms with Crippen LogP contribution >= 0.6 is 11.8 Å². The number of amides is 2. The summed E-state index contributed by atoms with van der Waals surface area (Å²) in [5, 5.41) is 11.1. The highest BCUT2D eigenvalue weighted by Crippen LogP contribution is 2.55. The van der Waals surface area contributed by atoms with Gasteiger partial charge in [0.2, 0.25) is 5.54 Å². The predicted octanol–water partition coefficient (Wildman–Crippen LogP) is 0.742. The zero-order valence-corrected chi connectivity index (χ0v) is 19.3. The van der Waals surface area contributed by atoms with Crippen molar-refractivity contribution in [2.24, 2.45) is 0 Å². The van der Waals surface area contributed by atoms with Crippen LogP contribution in [0.15, 0.2) is 18.2 Å². The van der Waals surface area contributed by atoms with E-state index in [1.165, 1.54) is 18.2 Å². The molecule has 0 spiro atoms. The quantitative estimate of drug-likeness (QED) is 0.259. The molecular weight excluding hydrogens is 456 g/mol. The monoisotopic (exact) mass is 478 g/mol. The Bertz CT molecular complexity index is 1060. The predicted molar refractivity (Wildman–Crippen MR) is 114 cm³/mol. The van der Waals surface area contributed by atoms with E-state index in [1.54, 1.807) is 13.8 Å². The number of carbonyl (C=O) groups excluding carboxylic acids is 5. The molecule has 0 aromatic heterocycles. The molecule has 0 saturated carbocycles. The Morgan fingerprint density at radius 1 is 1.03 bits per heavy atom. The summed E-state index contributed by atoms with van der Waals surface area (Å²) >= 11 is 1.08. The molecule has 176 valence electrons. The summed E-state index contributed by atoms with van der Waals surface area (Å²) in [4.78, 5) is 75.1. The van der Waals surface area contributed by atoms with E-state index in [0.29, 0.717) is 0 Å². The first-order valence-corrected chi connectivity index (χ1v) is 10.7. The third-order valence-electron chi connectivity index (χ3n) is 5.37. The summed E-state index contributed by atoms with van der Waals surface area (Å²) in [5.74, 6) is -5.81. The Morgan fingerprint density at radius 2 is 1.55 bits per heavy atom. The number of aliphatic carboxylic acids is 1. The number of carboxylic acid groups (broad SMARTS) is 1. The van der Waals surface area contributed by atoms with E-state index in [-0.39, 0.29) is 17.1 Å². The van der Waals surface area contributed by atoms with Gasteiger partial charge in [-0.25, -0.2) is 4.79 Å². The molecule has 2 heterocycles. The summed E-state index contributed by atoms with van der Waals surface area (Å²) < 4.78 is 9.17. The van der Waals surface area contributed by atoms with Crippen molar-refractivity contribution in [1.82, 2.24) is 10.2 Å². The van der Waals surface area contributed by atoms with Gasteiger partial charge in [0.05, 0.1) is 0 Å². The van der Waals surface area contributed by atoms with Gasteiger partial charge in [0.1, 0.15) is 28.5 Å². The fraction of sp³-hybridized carbons (Fsp3) is 0.429. The molecule has 12 heteroatoms. The lowest BCUT2D eigenvalue weighted by molar-refractivity contribution is -0.170. The second-order valence-corrected chi connectivity index (χ2v) is 9.90. The first-order valence-electron chi connectivity index (χ1n) is 9.80. The first-order chi connectivity index (χ1) is 15.2. The maximum Gasteiger partial charge on any atom is 0.327 e. The maximum absolute atomic E-state index is 13.3. The second-order valence-electron chi connectivity index (χ2n) is 8.16. The molecule has 33 heavy (non-hydrogen) atoms. The van der Waals surface area contributed by atoms with E-state index in [4.69, 9.17) is 9.47 Å². The van der Waals surface area contributed by atoms with Crippen molar-refractivity contribution < 1.29 is 43.3 Å². The molecule has 2 aliphatic heterocycles. The van der Waals surface area contributed by atoms with Gasteiger partial charge in [-0.05, 0) is 32.9 Å². The number of benzene rings is 1. The van der Waals surface area contributed by atoms with E-state index in [0.717, 1.165) is 37.4 Å². The number of nitrogens with one attached hydrogen (secondary N) is 1. The van der Waals surface area contributed by atoms with Crippen molar-refractivity contribution in [3.63, 3.8) is 0 Å². The van der Waals surface area contributed by atoms with Crippen LogP contribution in [0.3, 0.4) is 0 Å². The van der Waals surface area contributed by atoms with Crippen LogP contribution in [-0.2, 0) is 24.0 Å². The van der Waals surface area contributed by atoms with Crippen molar-refractivity contribution in [3.8, 4) is 11.5 Å². The average Bonchev–Trinajstić information content (AvgIpc) is 2.93. The van der Waals surface area contributed by atoms with Crippen molar-refractivity contribution in [1.29, 1.82) is 0 Å². The number of β-lactam (4-membered cyclic amide) rings is 1. The Hall–Kier alpha value is -3.41. The fourth-order valence-corrected chi connectivity index (χ4v) is 5.80. The number of ketones is 1. The molecule has 2 aliphatic rings. The minimum atomic E-state index is -2.04. The number of ether oxygens (including phenoxy) is 2. The third-order valence-corrected chi connectivity index (χ3v) is 7.00. The topological polar surface area (TPSA) is 156 Å². The molecule has 1 aromatic rings. The van der Waals surface area contributed by atoms with Crippen molar-refractivity contribution in [2.75, 3.05) is 0 Å². The fourth-order valence-electron chi connectivity index (χ4n) is 4.04. The minimum Gasteiger partial charge on any atom is -0.480 e. The van der Waals surface area contributed by atoms with Crippen LogP contribution < -0.4 is 14.8 Å². The van der Waals surface area contributed by atoms with Gasteiger partial charge in [-0.1, -0.05) is 6.07 Å². The Kier molecular flexibility index (Phi) is 6.01. The van der Waals surface area contributed by atoms with Gasteiger partial charge in [-0.15, -0.1) is 11.8 Å². The van der Waals surface area contributed by atoms with E-state index in [2.05, 4.69) is 5.32 Å². The number of nitrogens with zero attached hydrogens (tertiary/aromatic N) is 1. The molecule has 1 aromatic carbocycles. The summed E-state index contributed by atoms with van der Waals surface area (Å²) in [6, 6.07) is 2.75. The zero-order valence-electron chi connectivity index (χ0n) is 18.5. The number of hydrogen-bond donors (Lipinski definition) is 2. The van der Waals surface area contributed by atoms with Crippen molar-refractivity contribution >= 4 is 47.3 Å². The molecular formula is C21H22N2O9S. The smallest absolute Gasteiger partial charge is 0.327 e. The number of rotatable bonds is 6. The highest BCUT2D eigenvalue weighted by atomic mass is 32.2. The van der Waals surface area contributed by atoms with Crippen LogP contribution in [-0.4, -0.2) is 67.2 Å². The molecule has 3 atom stereocenters. The van der Waals surface area contributed by atoms with Crippen LogP contribution in [0.2, 0.25) is 0 Å². The molecule has 0 radical (unpaired) electrons. The lowest BCUT2D eigenvalue weighted by atomic mass is 9.81. The highest BCUT2D eigenvalue weighted by Gasteiger charge is 2.74.